The van der Waals surface area contributed by atoms with Crippen LogP contribution >= 0.6 is 0 Å². The molecule has 0 unspecified atom stereocenters. The van der Waals surface area contributed by atoms with Crippen molar-refractivity contribution in [1.29, 1.82) is 0 Å². The van der Waals surface area contributed by atoms with E-state index in [1.807, 2.05) is 0 Å². The maximum atomic E-state index is 11.8. The molecule has 22 heavy (non-hydrogen) atoms. The average molecular weight is 349 g/mol. The molecule has 126 valence electrons. The average Bonchev–Trinajstić information content (AvgIpc) is 2.27. The molecule has 0 saturated carbocycles. The van der Waals surface area contributed by atoms with E-state index in [4.69, 9.17) is 0 Å². The van der Waals surface area contributed by atoms with Crippen LogP contribution in [-0.4, -0.2) is 33.9 Å². The first-order valence-electron chi connectivity index (χ1n) is 6.93. The zero-order valence-corrected chi connectivity index (χ0v) is 14.8. The van der Waals surface area contributed by atoms with Gasteiger partial charge in [-0.05, 0) is 39.3 Å². The third-order valence-electron chi connectivity index (χ3n) is 2.41. The molecule has 0 aliphatic carbocycles. The van der Waals surface area contributed by atoms with E-state index in [0.717, 1.165) is 0 Å². The van der Waals surface area contributed by atoms with Gasteiger partial charge in [-0.15, -0.1) is 0 Å². The van der Waals surface area contributed by atoms with Crippen LogP contribution in [0, 0.1) is 0 Å². The Morgan fingerprint density at radius 3 is 1.82 bits per heavy atom. The molecule has 9 heteroatoms. The van der Waals surface area contributed by atoms with Crippen LogP contribution in [0.1, 0.15) is 39.0 Å². The van der Waals surface area contributed by atoms with Crippen molar-refractivity contribution >= 4 is 20.0 Å². The number of sulfonamides is 2. The lowest BCUT2D eigenvalue weighted by Crippen LogP contribution is -2.32. The van der Waals surface area contributed by atoms with Gasteiger partial charge in [0.15, 0.2) is 0 Å². The van der Waals surface area contributed by atoms with E-state index >= 15 is 0 Å². The van der Waals surface area contributed by atoms with Crippen molar-refractivity contribution < 1.29 is 16.8 Å². The first kappa shape index (κ1) is 19.0. The van der Waals surface area contributed by atoms with Gasteiger partial charge in [-0.1, -0.05) is 6.07 Å². The van der Waals surface area contributed by atoms with Gasteiger partial charge >= 0.3 is 0 Å². The minimum atomic E-state index is -3.44. The second-order valence-electron chi connectivity index (χ2n) is 5.72. The molecular weight excluding hydrogens is 326 g/mol. The SMILES string of the molecule is CC(C)NS(=O)(=O)Cc1ccc(CS(=O)(=O)NC(C)C)nc1. The van der Waals surface area contributed by atoms with Crippen LogP contribution in [0.4, 0.5) is 0 Å². The molecule has 0 radical (unpaired) electrons. The standard InChI is InChI=1S/C13H23N3O4S2/c1-10(2)15-21(17,18)8-12-5-6-13(14-7-12)9-22(19,20)16-11(3)4/h5-7,10-11,15-16H,8-9H2,1-4H3. The predicted octanol–water partition coefficient (Wildman–Crippen LogP) is 0.737. The minimum Gasteiger partial charge on any atom is -0.260 e. The summed E-state index contributed by atoms with van der Waals surface area (Å²) < 4.78 is 52.1. The predicted molar refractivity (Wildman–Crippen MR) is 86.0 cm³/mol. The Kier molecular flexibility index (Phi) is 6.48. The van der Waals surface area contributed by atoms with Gasteiger partial charge in [0, 0.05) is 18.3 Å². The summed E-state index contributed by atoms with van der Waals surface area (Å²) in [6.07, 6.45) is 1.39. The van der Waals surface area contributed by atoms with E-state index in [1.54, 1.807) is 33.8 Å². The van der Waals surface area contributed by atoms with Gasteiger partial charge in [-0.2, -0.15) is 0 Å². The van der Waals surface area contributed by atoms with E-state index < -0.39 is 20.0 Å². The van der Waals surface area contributed by atoms with Crippen molar-refractivity contribution in [2.75, 3.05) is 0 Å². The highest BCUT2D eigenvalue weighted by atomic mass is 32.2. The van der Waals surface area contributed by atoms with Gasteiger partial charge in [-0.3, -0.25) is 4.98 Å². The van der Waals surface area contributed by atoms with Crippen molar-refractivity contribution in [3.05, 3.63) is 29.6 Å². The molecule has 0 spiro atoms. The molecule has 1 aromatic heterocycles. The molecule has 1 heterocycles. The quantitative estimate of drug-likeness (QED) is 0.720. The van der Waals surface area contributed by atoms with Crippen LogP contribution in [-0.2, 0) is 31.6 Å². The number of pyridine rings is 1. The van der Waals surface area contributed by atoms with Gasteiger partial charge in [-0.25, -0.2) is 26.3 Å². The summed E-state index contributed by atoms with van der Waals surface area (Å²) >= 11 is 0. The molecule has 0 saturated heterocycles. The van der Waals surface area contributed by atoms with Crippen molar-refractivity contribution in [2.24, 2.45) is 0 Å². The number of rotatable bonds is 8. The van der Waals surface area contributed by atoms with Crippen LogP contribution in [0.25, 0.3) is 0 Å². The summed E-state index contributed by atoms with van der Waals surface area (Å²) in [6, 6.07) is 2.74. The van der Waals surface area contributed by atoms with Crippen LogP contribution in [0.15, 0.2) is 18.3 Å². The summed E-state index contributed by atoms with van der Waals surface area (Å²) in [7, 11) is -6.86. The zero-order valence-electron chi connectivity index (χ0n) is 13.2. The largest absolute Gasteiger partial charge is 0.260 e. The molecular formula is C13H23N3O4S2. The summed E-state index contributed by atoms with van der Waals surface area (Å²) in [6.45, 7) is 6.96. The van der Waals surface area contributed by atoms with E-state index in [1.165, 1.54) is 12.3 Å². The van der Waals surface area contributed by atoms with Gasteiger partial charge < -0.3 is 0 Å². The Morgan fingerprint density at radius 2 is 1.41 bits per heavy atom. The second-order valence-corrected chi connectivity index (χ2v) is 9.23. The summed E-state index contributed by atoms with van der Waals surface area (Å²) in [5, 5.41) is 0. The van der Waals surface area contributed by atoms with E-state index in [9.17, 15) is 16.8 Å². The smallest absolute Gasteiger partial charge is 0.217 e. The first-order chi connectivity index (χ1) is 9.99. The summed E-state index contributed by atoms with van der Waals surface area (Å²) in [4.78, 5) is 4.02. The fourth-order valence-corrected chi connectivity index (χ4v) is 4.61. The normalized spacial score (nSPS) is 13.0. The van der Waals surface area contributed by atoms with E-state index in [0.29, 0.717) is 11.3 Å². The number of nitrogens with zero attached hydrogens (tertiary/aromatic N) is 1. The lowest BCUT2D eigenvalue weighted by molar-refractivity contribution is 0.566. The Morgan fingerprint density at radius 1 is 0.909 bits per heavy atom. The molecule has 0 fully saturated rings. The highest BCUT2D eigenvalue weighted by molar-refractivity contribution is 7.89. The lowest BCUT2D eigenvalue weighted by Gasteiger charge is -2.10. The highest BCUT2D eigenvalue weighted by Crippen LogP contribution is 2.08. The monoisotopic (exact) mass is 349 g/mol. The maximum absolute atomic E-state index is 11.8. The summed E-state index contributed by atoms with van der Waals surface area (Å²) in [5.74, 6) is -0.419. The minimum absolute atomic E-state index is 0.176. The number of nitrogens with one attached hydrogen (secondary N) is 2. The summed E-state index contributed by atoms with van der Waals surface area (Å²) in [5.41, 5.74) is 0.872. The first-order valence-corrected chi connectivity index (χ1v) is 10.2. The third-order valence-corrected chi connectivity index (χ3v) is 5.46. The Hall–Kier alpha value is -1.03. The molecule has 0 aliphatic rings. The van der Waals surface area contributed by atoms with E-state index in [-0.39, 0.29) is 23.6 Å². The number of hydrogen-bond donors (Lipinski definition) is 2. The van der Waals surface area contributed by atoms with Gasteiger partial charge in [0.2, 0.25) is 20.0 Å². The molecule has 0 amide bonds. The molecule has 2 N–H and O–H groups in total. The number of hydrogen-bond acceptors (Lipinski definition) is 5. The molecule has 0 aliphatic heterocycles. The van der Waals surface area contributed by atoms with Crippen LogP contribution in [0.3, 0.4) is 0 Å². The van der Waals surface area contributed by atoms with Crippen molar-refractivity contribution in [3.8, 4) is 0 Å². The Bertz CT molecular complexity index is 620. The molecule has 0 bridgehead atoms. The van der Waals surface area contributed by atoms with Crippen LogP contribution in [0.2, 0.25) is 0 Å². The Balaban J connectivity index is 2.75. The molecule has 7 nitrogen and oxygen atoms in total. The fraction of sp³-hybridized carbons (Fsp3) is 0.615. The lowest BCUT2D eigenvalue weighted by atomic mass is 10.3. The van der Waals surface area contributed by atoms with Gasteiger partial charge in [0.05, 0.1) is 11.4 Å². The molecule has 1 rings (SSSR count). The topological polar surface area (TPSA) is 105 Å². The fourth-order valence-electron chi connectivity index (χ4n) is 1.84. The van der Waals surface area contributed by atoms with Gasteiger partial charge in [0.25, 0.3) is 0 Å². The molecule has 1 aromatic rings. The van der Waals surface area contributed by atoms with Crippen molar-refractivity contribution in [1.82, 2.24) is 14.4 Å². The zero-order chi connectivity index (χ0) is 17.0. The molecule has 0 aromatic carbocycles. The van der Waals surface area contributed by atoms with E-state index in [2.05, 4.69) is 14.4 Å². The van der Waals surface area contributed by atoms with Crippen LogP contribution in [0.5, 0.6) is 0 Å². The molecule has 0 atom stereocenters. The Labute approximate surface area is 132 Å². The highest BCUT2D eigenvalue weighted by Gasteiger charge is 2.16. The number of aromatic nitrogens is 1. The van der Waals surface area contributed by atoms with Gasteiger partial charge in [0.1, 0.15) is 5.75 Å². The van der Waals surface area contributed by atoms with Crippen molar-refractivity contribution in [2.45, 2.75) is 51.3 Å². The maximum Gasteiger partial charge on any atom is 0.217 e. The third kappa shape index (κ3) is 7.30. The van der Waals surface area contributed by atoms with Crippen LogP contribution < -0.4 is 9.44 Å². The van der Waals surface area contributed by atoms with Crippen molar-refractivity contribution in [3.63, 3.8) is 0 Å². The second kappa shape index (κ2) is 7.49.